The molecule has 0 bridgehead atoms. The van der Waals surface area contributed by atoms with E-state index in [1.807, 2.05) is 57.2 Å². The van der Waals surface area contributed by atoms with Crippen molar-refractivity contribution in [3.8, 4) is 11.5 Å². The van der Waals surface area contributed by atoms with Gasteiger partial charge in [0.15, 0.2) is 0 Å². The monoisotopic (exact) mass is 286 g/mol. The number of aliphatic hydroxyl groups is 1. The predicted molar refractivity (Wildman–Crippen MR) is 84.0 cm³/mol. The summed E-state index contributed by atoms with van der Waals surface area (Å²) < 4.78 is 11.0. The highest BCUT2D eigenvalue weighted by Crippen LogP contribution is 2.25. The highest BCUT2D eigenvalue weighted by atomic mass is 16.5. The van der Waals surface area contributed by atoms with Crippen LogP contribution in [0, 0.1) is 13.8 Å². The number of methoxy groups -OCH3 is 1. The molecule has 0 aliphatic carbocycles. The first-order valence-electron chi connectivity index (χ1n) is 7.06. The largest absolute Gasteiger partial charge is 0.497 e. The molecule has 2 aromatic rings. The summed E-state index contributed by atoms with van der Waals surface area (Å²) in [6.45, 7) is 5.93. The molecule has 2 unspecified atom stereocenters. The topological polar surface area (TPSA) is 38.7 Å². The Hall–Kier alpha value is -2.00. The van der Waals surface area contributed by atoms with E-state index in [1.165, 1.54) is 0 Å². The molecular formula is C18H22O3. The maximum Gasteiger partial charge on any atom is 0.126 e. The van der Waals surface area contributed by atoms with Crippen molar-refractivity contribution in [2.45, 2.75) is 33.0 Å². The van der Waals surface area contributed by atoms with Crippen LogP contribution in [-0.2, 0) is 0 Å². The van der Waals surface area contributed by atoms with Crippen LogP contribution in [0.3, 0.4) is 0 Å². The van der Waals surface area contributed by atoms with Gasteiger partial charge in [-0.2, -0.15) is 0 Å². The summed E-state index contributed by atoms with van der Waals surface area (Å²) in [6, 6.07) is 13.4. The average Bonchev–Trinajstić information content (AvgIpc) is 2.45. The van der Waals surface area contributed by atoms with Crippen LogP contribution in [0.4, 0.5) is 0 Å². The molecule has 3 heteroatoms. The molecule has 0 saturated heterocycles. The maximum absolute atomic E-state index is 10.4. The minimum absolute atomic E-state index is 0.334. The molecule has 0 amide bonds. The second-order valence-corrected chi connectivity index (χ2v) is 5.36. The minimum Gasteiger partial charge on any atom is -0.497 e. The molecule has 0 aliphatic rings. The Morgan fingerprint density at radius 3 is 2.00 bits per heavy atom. The van der Waals surface area contributed by atoms with Gasteiger partial charge in [-0.3, -0.25) is 0 Å². The molecule has 0 spiro atoms. The predicted octanol–water partition coefficient (Wildman–Crippen LogP) is 3.81. The minimum atomic E-state index is -0.684. The summed E-state index contributed by atoms with van der Waals surface area (Å²) in [5.41, 5.74) is 3.11. The standard InChI is InChI=1S/C18H22O3/c1-12-9-13(2)11-17(10-12)21-14(3)18(19)15-5-7-16(20-4)8-6-15/h5-11,14,18-19H,1-4H3. The molecule has 0 aromatic heterocycles. The van der Waals surface area contributed by atoms with E-state index in [0.29, 0.717) is 0 Å². The summed E-state index contributed by atoms with van der Waals surface area (Å²) in [5, 5.41) is 10.4. The number of hydrogen-bond acceptors (Lipinski definition) is 3. The van der Waals surface area contributed by atoms with E-state index in [1.54, 1.807) is 7.11 Å². The van der Waals surface area contributed by atoms with Crippen molar-refractivity contribution in [3.05, 3.63) is 59.2 Å². The fourth-order valence-corrected chi connectivity index (χ4v) is 2.35. The van der Waals surface area contributed by atoms with Gasteiger partial charge in [-0.15, -0.1) is 0 Å². The number of aliphatic hydroxyl groups excluding tert-OH is 1. The quantitative estimate of drug-likeness (QED) is 0.908. The van der Waals surface area contributed by atoms with Gasteiger partial charge < -0.3 is 14.6 Å². The molecule has 2 atom stereocenters. The Bertz CT molecular complexity index is 570. The van der Waals surface area contributed by atoms with E-state index in [-0.39, 0.29) is 6.10 Å². The van der Waals surface area contributed by atoms with E-state index >= 15 is 0 Å². The highest BCUT2D eigenvalue weighted by molar-refractivity contribution is 5.34. The van der Waals surface area contributed by atoms with Crippen LogP contribution in [-0.4, -0.2) is 18.3 Å². The third-order valence-electron chi connectivity index (χ3n) is 3.42. The van der Waals surface area contributed by atoms with Crippen LogP contribution in [0.15, 0.2) is 42.5 Å². The lowest BCUT2D eigenvalue weighted by molar-refractivity contribution is 0.0467. The summed E-state index contributed by atoms with van der Waals surface area (Å²) in [7, 11) is 1.62. The normalized spacial score (nSPS) is 13.6. The van der Waals surface area contributed by atoms with E-state index in [2.05, 4.69) is 6.07 Å². The molecular weight excluding hydrogens is 264 g/mol. The van der Waals surface area contributed by atoms with Crippen LogP contribution < -0.4 is 9.47 Å². The molecule has 21 heavy (non-hydrogen) atoms. The van der Waals surface area contributed by atoms with Gasteiger partial charge in [0, 0.05) is 0 Å². The fraction of sp³-hybridized carbons (Fsp3) is 0.333. The van der Waals surface area contributed by atoms with Crippen LogP contribution in [0.2, 0.25) is 0 Å². The second-order valence-electron chi connectivity index (χ2n) is 5.36. The van der Waals surface area contributed by atoms with Gasteiger partial charge in [0.1, 0.15) is 23.7 Å². The number of hydrogen-bond donors (Lipinski definition) is 1. The summed E-state index contributed by atoms with van der Waals surface area (Å²) in [5.74, 6) is 1.56. The van der Waals surface area contributed by atoms with E-state index in [9.17, 15) is 5.11 Å². The molecule has 3 nitrogen and oxygen atoms in total. The summed E-state index contributed by atoms with van der Waals surface area (Å²) >= 11 is 0. The summed E-state index contributed by atoms with van der Waals surface area (Å²) in [6.07, 6.45) is -1.02. The van der Waals surface area contributed by atoms with Gasteiger partial charge in [0.25, 0.3) is 0 Å². The Labute approximate surface area is 126 Å². The Morgan fingerprint density at radius 2 is 1.48 bits per heavy atom. The zero-order valence-corrected chi connectivity index (χ0v) is 13.0. The van der Waals surface area contributed by atoms with Gasteiger partial charge in [-0.05, 0) is 61.7 Å². The molecule has 0 aliphatic heterocycles. The van der Waals surface area contributed by atoms with Gasteiger partial charge in [-0.1, -0.05) is 18.2 Å². The van der Waals surface area contributed by atoms with Gasteiger partial charge >= 0.3 is 0 Å². The van der Waals surface area contributed by atoms with E-state index in [4.69, 9.17) is 9.47 Å². The Morgan fingerprint density at radius 1 is 0.905 bits per heavy atom. The molecule has 0 saturated carbocycles. The van der Waals surface area contributed by atoms with Crippen molar-refractivity contribution in [3.63, 3.8) is 0 Å². The SMILES string of the molecule is COc1ccc(C(O)C(C)Oc2cc(C)cc(C)c2)cc1. The lowest BCUT2D eigenvalue weighted by atomic mass is 10.1. The highest BCUT2D eigenvalue weighted by Gasteiger charge is 2.18. The average molecular weight is 286 g/mol. The number of benzene rings is 2. The zero-order chi connectivity index (χ0) is 15.4. The molecule has 0 radical (unpaired) electrons. The van der Waals surface area contributed by atoms with E-state index < -0.39 is 6.10 Å². The van der Waals surface area contributed by atoms with Gasteiger partial charge in [-0.25, -0.2) is 0 Å². The Balaban J connectivity index is 2.09. The van der Waals surface area contributed by atoms with E-state index in [0.717, 1.165) is 28.2 Å². The number of aryl methyl sites for hydroxylation is 2. The molecule has 0 heterocycles. The van der Waals surface area contributed by atoms with Crippen molar-refractivity contribution < 1.29 is 14.6 Å². The molecule has 1 N–H and O–H groups in total. The van der Waals surface area contributed by atoms with Gasteiger partial charge in [0.05, 0.1) is 7.11 Å². The van der Waals surface area contributed by atoms with Crippen LogP contribution in [0.25, 0.3) is 0 Å². The maximum atomic E-state index is 10.4. The van der Waals surface area contributed by atoms with Crippen LogP contribution in [0.5, 0.6) is 11.5 Å². The molecule has 0 fully saturated rings. The summed E-state index contributed by atoms with van der Waals surface area (Å²) in [4.78, 5) is 0. The lowest BCUT2D eigenvalue weighted by Crippen LogP contribution is -2.21. The zero-order valence-electron chi connectivity index (χ0n) is 13.0. The van der Waals surface area contributed by atoms with Crippen LogP contribution >= 0.6 is 0 Å². The first-order valence-corrected chi connectivity index (χ1v) is 7.06. The third kappa shape index (κ3) is 3.99. The lowest BCUT2D eigenvalue weighted by Gasteiger charge is -2.21. The van der Waals surface area contributed by atoms with Crippen LogP contribution in [0.1, 0.15) is 29.7 Å². The fourth-order valence-electron chi connectivity index (χ4n) is 2.35. The number of rotatable bonds is 5. The van der Waals surface area contributed by atoms with Crippen molar-refractivity contribution in [1.29, 1.82) is 0 Å². The van der Waals surface area contributed by atoms with Crippen molar-refractivity contribution in [2.24, 2.45) is 0 Å². The van der Waals surface area contributed by atoms with Crippen molar-refractivity contribution in [1.82, 2.24) is 0 Å². The molecule has 2 aromatic carbocycles. The van der Waals surface area contributed by atoms with Gasteiger partial charge in [0.2, 0.25) is 0 Å². The molecule has 112 valence electrons. The molecule has 2 rings (SSSR count). The third-order valence-corrected chi connectivity index (χ3v) is 3.42. The van der Waals surface area contributed by atoms with Crippen molar-refractivity contribution in [2.75, 3.05) is 7.11 Å². The first-order chi connectivity index (χ1) is 9.99. The smallest absolute Gasteiger partial charge is 0.126 e. The Kier molecular flexibility index (Phi) is 4.86. The van der Waals surface area contributed by atoms with Crippen molar-refractivity contribution >= 4 is 0 Å². The second kappa shape index (κ2) is 6.64. The first kappa shape index (κ1) is 15.4. The number of ether oxygens (including phenoxy) is 2.